The predicted octanol–water partition coefficient (Wildman–Crippen LogP) is 1.19. The molecule has 18 heavy (non-hydrogen) atoms. The molecule has 0 bridgehead atoms. The standard InChI is InChI=1S/C13H15N3O2/c14-8-9-7-10(15)1-4-12(9)18-6-5-13(17)16-11-2-3-11/h1,4,7,11H,2-3,5-6,15H2,(H,16,17). The van der Waals surface area contributed by atoms with Crippen LogP contribution in [0.1, 0.15) is 24.8 Å². The Hall–Kier alpha value is -2.22. The van der Waals surface area contributed by atoms with Crippen LogP contribution < -0.4 is 15.8 Å². The molecule has 3 N–H and O–H groups in total. The summed E-state index contributed by atoms with van der Waals surface area (Å²) in [6.07, 6.45) is 2.44. The number of anilines is 1. The summed E-state index contributed by atoms with van der Waals surface area (Å²) in [5.74, 6) is 0.456. The third-order valence-electron chi connectivity index (χ3n) is 2.65. The fourth-order valence-electron chi connectivity index (χ4n) is 1.54. The molecule has 0 saturated heterocycles. The normalized spacial score (nSPS) is 13.7. The SMILES string of the molecule is N#Cc1cc(N)ccc1OCCC(=O)NC1CC1. The Labute approximate surface area is 106 Å². The van der Waals surface area contributed by atoms with Gasteiger partial charge in [-0.2, -0.15) is 5.26 Å². The van der Waals surface area contributed by atoms with Gasteiger partial charge in [0, 0.05) is 11.7 Å². The number of rotatable bonds is 5. The second-order valence-electron chi connectivity index (χ2n) is 4.31. The van der Waals surface area contributed by atoms with E-state index < -0.39 is 0 Å². The van der Waals surface area contributed by atoms with E-state index in [0.29, 0.717) is 29.5 Å². The number of carbonyl (C=O) groups is 1. The fraction of sp³-hybridized carbons (Fsp3) is 0.385. The van der Waals surface area contributed by atoms with Crippen molar-refractivity contribution >= 4 is 11.6 Å². The van der Waals surface area contributed by atoms with Crippen molar-refractivity contribution in [2.24, 2.45) is 0 Å². The molecule has 5 heteroatoms. The molecule has 94 valence electrons. The maximum absolute atomic E-state index is 11.4. The second-order valence-corrected chi connectivity index (χ2v) is 4.31. The largest absolute Gasteiger partial charge is 0.492 e. The molecule has 0 aliphatic heterocycles. The number of benzene rings is 1. The third-order valence-corrected chi connectivity index (χ3v) is 2.65. The van der Waals surface area contributed by atoms with Crippen molar-refractivity contribution in [3.63, 3.8) is 0 Å². The molecular weight excluding hydrogens is 230 g/mol. The van der Waals surface area contributed by atoms with Crippen molar-refractivity contribution in [3.05, 3.63) is 23.8 Å². The summed E-state index contributed by atoms with van der Waals surface area (Å²) in [5, 5.41) is 11.8. The molecule has 0 spiro atoms. The summed E-state index contributed by atoms with van der Waals surface area (Å²) in [6, 6.07) is 7.24. The number of hydrogen-bond donors (Lipinski definition) is 2. The van der Waals surface area contributed by atoms with E-state index in [0.717, 1.165) is 12.8 Å². The van der Waals surface area contributed by atoms with Gasteiger partial charge in [-0.15, -0.1) is 0 Å². The summed E-state index contributed by atoms with van der Waals surface area (Å²) in [7, 11) is 0. The number of nitrogens with zero attached hydrogens (tertiary/aromatic N) is 1. The number of nitriles is 1. The van der Waals surface area contributed by atoms with Gasteiger partial charge in [-0.05, 0) is 31.0 Å². The Morgan fingerprint density at radius 2 is 2.33 bits per heavy atom. The van der Waals surface area contributed by atoms with Gasteiger partial charge in [0.1, 0.15) is 11.8 Å². The minimum absolute atomic E-state index is 0.00791. The minimum atomic E-state index is -0.00791. The lowest BCUT2D eigenvalue weighted by molar-refractivity contribution is -0.121. The molecule has 1 amide bonds. The highest BCUT2D eigenvalue weighted by Crippen LogP contribution is 2.21. The van der Waals surface area contributed by atoms with Crippen molar-refractivity contribution in [1.82, 2.24) is 5.32 Å². The third kappa shape index (κ3) is 3.39. The molecule has 1 aromatic carbocycles. The first-order chi connectivity index (χ1) is 8.69. The van der Waals surface area contributed by atoms with Crippen molar-refractivity contribution in [1.29, 1.82) is 5.26 Å². The Balaban J connectivity index is 1.82. The first-order valence-corrected chi connectivity index (χ1v) is 5.91. The van der Waals surface area contributed by atoms with Crippen molar-refractivity contribution in [2.45, 2.75) is 25.3 Å². The average Bonchev–Trinajstić information content (AvgIpc) is 3.14. The molecule has 0 unspecified atom stereocenters. The van der Waals surface area contributed by atoms with Crippen LogP contribution in [0.2, 0.25) is 0 Å². The van der Waals surface area contributed by atoms with Gasteiger partial charge in [0.15, 0.2) is 0 Å². The predicted molar refractivity (Wildman–Crippen MR) is 66.8 cm³/mol. The van der Waals surface area contributed by atoms with Crippen LogP contribution in [0.5, 0.6) is 5.75 Å². The number of nitrogens with two attached hydrogens (primary N) is 1. The van der Waals surface area contributed by atoms with Crippen LogP contribution in [-0.4, -0.2) is 18.6 Å². The van der Waals surface area contributed by atoms with E-state index in [1.165, 1.54) is 0 Å². The highest BCUT2D eigenvalue weighted by molar-refractivity contribution is 5.76. The molecule has 1 saturated carbocycles. The lowest BCUT2D eigenvalue weighted by atomic mass is 10.2. The maximum atomic E-state index is 11.4. The molecule has 0 heterocycles. The van der Waals surface area contributed by atoms with Crippen LogP contribution in [0, 0.1) is 11.3 Å². The quantitative estimate of drug-likeness (QED) is 0.762. The first-order valence-electron chi connectivity index (χ1n) is 5.91. The Morgan fingerprint density at radius 1 is 1.56 bits per heavy atom. The van der Waals surface area contributed by atoms with Crippen LogP contribution >= 0.6 is 0 Å². The molecule has 0 atom stereocenters. The van der Waals surface area contributed by atoms with Crippen LogP contribution in [0.4, 0.5) is 5.69 Å². The number of amides is 1. The Kier molecular flexibility index (Phi) is 3.68. The van der Waals surface area contributed by atoms with Crippen LogP contribution in [0.3, 0.4) is 0 Å². The average molecular weight is 245 g/mol. The van der Waals surface area contributed by atoms with E-state index >= 15 is 0 Å². The lowest BCUT2D eigenvalue weighted by Gasteiger charge is -2.08. The van der Waals surface area contributed by atoms with E-state index in [-0.39, 0.29) is 12.5 Å². The van der Waals surface area contributed by atoms with Crippen LogP contribution in [0.15, 0.2) is 18.2 Å². The van der Waals surface area contributed by atoms with Crippen molar-refractivity contribution in [2.75, 3.05) is 12.3 Å². The molecular formula is C13H15N3O2. The van der Waals surface area contributed by atoms with Gasteiger partial charge < -0.3 is 15.8 Å². The van der Waals surface area contributed by atoms with E-state index in [4.69, 9.17) is 15.7 Å². The van der Waals surface area contributed by atoms with Gasteiger partial charge in [-0.3, -0.25) is 4.79 Å². The summed E-state index contributed by atoms with van der Waals surface area (Å²) in [5.41, 5.74) is 6.48. The Bertz CT molecular complexity index is 489. The smallest absolute Gasteiger partial charge is 0.223 e. The van der Waals surface area contributed by atoms with Gasteiger partial charge >= 0.3 is 0 Å². The van der Waals surface area contributed by atoms with Crippen molar-refractivity contribution in [3.8, 4) is 11.8 Å². The highest BCUT2D eigenvalue weighted by atomic mass is 16.5. The fourth-order valence-corrected chi connectivity index (χ4v) is 1.54. The topological polar surface area (TPSA) is 88.1 Å². The number of ether oxygens (including phenoxy) is 1. The van der Waals surface area contributed by atoms with E-state index in [2.05, 4.69) is 5.32 Å². The molecule has 2 rings (SSSR count). The minimum Gasteiger partial charge on any atom is -0.492 e. The highest BCUT2D eigenvalue weighted by Gasteiger charge is 2.22. The zero-order valence-corrected chi connectivity index (χ0v) is 9.98. The molecule has 0 radical (unpaired) electrons. The maximum Gasteiger partial charge on any atom is 0.223 e. The number of carbonyl (C=O) groups excluding carboxylic acids is 1. The molecule has 1 fully saturated rings. The summed E-state index contributed by atoms with van der Waals surface area (Å²) in [6.45, 7) is 0.261. The molecule has 0 aromatic heterocycles. The number of nitrogens with one attached hydrogen (secondary N) is 1. The van der Waals surface area contributed by atoms with E-state index in [1.54, 1.807) is 18.2 Å². The lowest BCUT2D eigenvalue weighted by Crippen LogP contribution is -2.26. The van der Waals surface area contributed by atoms with Gasteiger partial charge in [0.2, 0.25) is 5.91 Å². The van der Waals surface area contributed by atoms with E-state index in [9.17, 15) is 4.79 Å². The number of nitrogen functional groups attached to an aromatic ring is 1. The summed E-state index contributed by atoms with van der Waals surface area (Å²) >= 11 is 0. The zero-order chi connectivity index (χ0) is 13.0. The second kappa shape index (κ2) is 5.41. The number of hydrogen-bond acceptors (Lipinski definition) is 4. The van der Waals surface area contributed by atoms with Gasteiger partial charge in [-0.25, -0.2) is 0 Å². The molecule has 1 aliphatic carbocycles. The van der Waals surface area contributed by atoms with E-state index in [1.807, 2.05) is 6.07 Å². The van der Waals surface area contributed by atoms with Gasteiger partial charge in [0.25, 0.3) is 0 Å². The summed E-state index contributed by atoms with van der Waals surface area (Å²) in [4.78, 5) is 11.4. The first kappa shape index (κ1) is 12.2. The summed E-state index contributed by atoms with van der Waals surface area (Å²) < 4.78 is 5.42. The van der Waals surface area contributed by atoms with Crippen LogP contribution in [-0.2, 0) is 4.79 Å². The molecule has 1 aromatic rings. The van der Waals surface area contributed by atoms with Gasteiger partial charge in [0.05, 0.1) is 18.6 Å². The zero-order valence-electron chi connectivity index (χ0n) is 9.98. The monoisotopic (exact) mass is 245 g/mol. The van der Waals surface area contributed by atoms with Crippen LogP contribution in [0.25, 0.3) is 0 Å². The molecule has 5 nitrogen and oxygen atoms in total. The van der Waals surface area contributed by atoms with Gasteiger partial charge in [-0.1, -0.05) is 0 Å². The van der Waals surface area contributed by atoms with Crippen molar-refractivity contribution < 1.29 is 9.53 Å². The Morgan fingerprint density at radius 3 is 3.00 bits per heavy atom. The molecule has 1 aliphatic rings.